The van der Waals surface area contributed by atoms with E-state index in [0.29, 0.717) is 5.41 Å². The van der Waals surface area contributed by atoms with Crippen LogP contribution in [0.3, 0.4) is 0 Å². The fourth-order valence-corrected chi connectivity index (χ4v) is 8.05. The lowest BCUT2D eigenvalue weighted by molar-refractivity contribution is 0.411. The number of aromatic amines is 1. The second-order valence-corrected chi connectivity index (χ2v) is 25.6. The minimum atomic E-state index is 0.119. The molecular formula is C73H121N9S. The molecule has 0 bridgehead atoms. The van der Waals surface area contributed by atoms with Gasteiger partial charge in [0.15, 0.2) is 0 Å². The molecule has 0 amide bonds. The zero-order valence-electron chi connectivity index (χ0n) is 58.5. The van der Waals surface area contributed by atoms with Gasteiger partial charge in [0.1, 0.15) is 0 Å². The molecule has 0 saturated carbocycles. The molecule has 2 N–H and O–H groups in total. The average Bonchev–Trinajstić information content (AvgIpc) is 4.39. The predicted octanol–water partition coefficient (Wildman–Crippen LogP) is 21.5. The van der Waals surface area contributed by atoms with Crippen molar-refractivity contribution in [2.24, 2.45) is 5.41 Å². The Kier molecular flexibility index (Phi) is 41.4. The smallest absolute Gasteiger partial charge is 0.0985 e. The Labute approximate surface area is 514 Å². The monoisotopic (exact) mass is 1160 g/mol. The Morgan fingerprint density at radius 2 is 0.976 bits per heavy atom. The van der Waals surface area contributed by atoms with Gasteiger partial charge in [-0.3, -0.25) is 20.1 Å². The Hall–Kier alpha value is -5.71. The lowest BCUT2D eigenvalue weighted by Gasteiger charge is -2.17. The van der Waals surface area contributed by atoms with Crippen LogP contribution in [0.1, 0.15) is 252 Å². The number of para-hydroxylation sites is 1. The summed E-state index contributed by atoms with van der Waals surface area (Å²) in [5.41, 5.74) is 9.31. The number of benzene rings is 2. The van der Waals surface area contributed by atoms with Crippen LogP contribution >= 0.6 is 11.3 Å². The van der Waals surface area contributed by atoms with E-state index in [1.165, 1.54) is 37.3 Å². The van der Waals surface area contributed by atoms with E-state index in [1.54, 1.807) is 6.20 Å². The van der Waals surface area contributed by atoms with Crippen LogP contribution in [0.5, 0.6) is 0 Å². The average molecular weight is 1160 g/mol. The molecule has 83 heavy (non-hydrogen) atoms. The van der Waals surface area contributed by atoms with E-state index < -0.39 is 0 Å². The number of thiazole rings is 1. The van der Waals surface area contributed by atoms with Crippen LogP contribution in [-0.4, -0.2) is 46.9 Å². The van der Waals surface area contributed by atoms with E-state index in [4.69, 9.17) is 4.98 Å². The topological polar surface area (TPSA) is 118 Å². The van der Waals surface area contributed by atoms with Gasteiger partial charge in [-0.2, -0.15) is 15.3 Å². The first-order valence-electron chi connectivity index (χ1n) is 31.1. The van der Waals surface area contributed by atoms with Gasteiger partial charge in [0, 0.05) is 104 Å². The Morgan fingerprint density at radius 1 is 0.458 bits per heavy atom. The van der Waals surface area contributed by atoms with E-state index in [1.807, 2.05) is 162 Å². The largest absolute Gasteiger partial charge is 0.311 e. The number of nitrogens with zero attached hydrogens (tertiary/aromatic N) is 7. The highest BCUT2D eigenvalue weighted by atomic mass is 32.1. The van der Waals surface area contributed by atoms with Crippen LogP contribution in [0.2, 0.25) is 0 Å². The fourth-order valence-electron chi connectivity index (χ4n) is 6.92. The Balaban J connectivity index is -0.000000896. The summed E-state index contributed by atoms with van der Waals surface area (Å²) in [4.78, 5) is 19.5. The maximum absolute atomic E-state index is 4.70. The third-order valence-corrected chi connectivity index (χ3v) is 12.6. The summed E-state index contributed by atoms with van der Waals surface area (Å²) in [6.07, 6.45) is 11.5. The predicted molar refractivity (Wildman–Crippen MR) is 371 cm³/mol. The summed E-state index contributed by atoms with van der Waals surface area (Å²) in [5, 5.41) is 22.8. The van der Waals surface area contributed by atoms with Crippen LogP contribution < -0.4 is 5.32 Å². The molecule has 0 aliphatic carbocycles. The van der Waals surface area contributed by atoms with Crippen molar-refractivity contribution in [2.75, 3.05) is 6.54 Å². The molecule has 0 radical (unpaired) electrons. The molecule has 0 unspecified atom stereocenters. The van der Waals surface area contributed by atoms with Crippen molar-refractivity contribution in [2.45, 2.75) is 254 Å². The number of H-pyrrole nitrogens is 1. The number of rotatable bonds is 1. The van der Waals surface area contributed by atoms with Crippen molar-refractivity contribution < 1.29 is 0 Å². The van der Waals surface area contributed by atoms with Gasteiger partial charge in [-0.1, -0.05) is 262 Å². The first-order valence-corrected chi connectivity index (χ1v) is 31.9. The van der Waals surface area contributed by atoms with E-state index in [0.717, 1.165) is 54.2 Å². The molecule has 9 nitrogen and oxygen atoms in total. The first-order chi connectivity index (χ1) is 39.0. The van der Waals surface area contributed by atoms with E-state index in [2.05, 4.69) is 220 Å². The number of aromatic nitrogens is 8. The summed E-state index contributed by atoms with van der Waals surface area (Å²) in [7, 11) is 0. The van der Waals surface area contributed by atoms with Gasteiger partial charge < -0.3 is 5.32 Å². The molecule has 2 aromatic carbocycles. The number of hydrogen-bond acceptors (Lipinski definition) is 9. The van der Waals surface area contributed by atoms with Crippen LogP contribution in [0.15, 0.2) is 128 Å². The summed E-state index contributed by atoms with van der Waals surface area (Å²) in [5.74, 6) is 0. The fraction of sp³-hybridized carbons (Fsp3) is 0.548. The minimum Gasteiger partial charge on any atom is -0.311 e. The zero-order valence-corrected chi connectivity index (χ0v) is 59.3. The highest BCUT2D eigenvalue weighted by Gasteiger charge is 2.23. The van der Waals surface area contributed by atoms with Gasteiger partial charge in [0.05, 0.1) is 28.1 Å². The second kappa shape index (κ2) is 42.2. The lowest BCUT2D eigenvalue weighted by atomic mass is 9.89. The molecule has 7 heterocycles. The van der Waals surface area contributed by atoms with Gasteiger partial charge >= 0.3 is 0 Å². The van der Waals surface area contributed by atoms with Crippen LogP contribution in [0.25, 0.3) is 21.7 Å². The normalized spacial score (nSPS) is 11.3. The van der Waals surface area contributed by atoms with E-state index in [9.17, 15) is 0 Å². The molecule has 0 atom stereocenters. The highest BCUT2D eigenvalue weighted by Crippen LogP contribution is 2.31. The standard InChI is InChI=1S/2C13H15N.C10H16N2S.C9H13N.C8H14N2.C8H12N2.6C2H6/c1-13(2,3)12-8-10-6-4-5-7-11(10)9-14-12;1-13(2,3)12-9-8-10-6-4-5-7-11(10)14-12;1-10(2,3)9-12-7-4-5-11-6-8(7)13-9;1-9(2,3)8-6-4-5-7-10-8;1-8(2,3)4-7-5-9-10-6-7;1-8(2,3)7-5-4-6-9-10-7;6*1-2/h2*4-9H,1-3H3;11H,4-6H2,1-3H3;4-7H,1-3H3;5-6H,4H2,1-3H3,(H,9,10);4-6H,1-3H3;6*1-2H3. The summed E-state index contributed by atoms with van der Waals surface area (Å²) < 4.78 is 0. The quantitative estimate of drug-likeness (QED) is 0.167. The molecule has 0 spiro atoms. The third kappa shape index (κ3) is 34.0. The van der Waals surface area contributed by atoms with Crippen LogP contribution in [0.4, 0.5) is 0 Å². The van der Waals surface area contributed by atoms with Crippen molar-refractivity contribution >= 4 is 33.0 Å². The van der Waals surface area contributed by atoms with Crippen LogP contribution in [-0.2, 0) is 46.5 Å². The Bertz CT molecular complexity index is 2610. The van der Waals surface area contributed by atoms with Crippen molar-refractivity contribution in [3.8, 4) is 0 Å². The number of pyridine rings is 3. The molecule has 6 aromatic heterocycles. The number of hydrogen-bond donors (Lipinski definition) is 2. The summed E-state index contributed by atoms with van der Waals surface area (Å²) >= 11 is 1.87. The first kappa shape index (κ1) is 81.5. The van der Waals surface area contributed by atoms with Gasteiger partial charge in [0.25, 0.3) is 0 Å². The molecule has 0 fully saturated rings. The maximum Gasteiger partial charge on any atom is 0.0985 e. The van der Waals surface area contributed by atoms with E-state index >= 15 is 0 Å². The summed E-state index contributed by atoms with van der Waals surface area (Å²) in [6.45, 7) is 65.4. The molecule has 1 aliphatic rings. The molecule has 9 rings (SSSR count). The van der Waals surface area contributed by atoms with Crippen molar-refractivity contribution in [3.63, 3.8) is 0 Å². The summed E-state index contributed by atoms with van der Waals surface area (Å²) in [6, 6.07) is 32.9. The number of nitrogens with one attached hydrogen (secondary N) is 2. The number of fused-ring (bicyclic) bond motifs is 3. The molecular weight excluding hydrogens is 1030 g/mol. The minimum absolute atomic E-state index is 0.119. The molecule has 464 valence electrons. The Morgan fingerprint density at radius 3 is 1.41 bits per heavy atom. The zero-order chi connectivity index (χ0) is 64.7. The molecule has 8 aromatic rings. The molecule has 0 saturated heterocycles. The van der Waals surface area contributed by atoms with Gasteiger partial charge in [0.2, 0.25) is 0 Å². The van der Waals surface area contributed by atoms with Crippen molar-refractivity contribution in [1.82, 2.24) is 45.6 Å². The SMILES string of the molecule is CC.CC.CC.CC.CC.CC.CC(C)(C)Cc1cn[nH]c1.CC(C)(C)c1cc2ccccc2cn1.CC(C)(C)c1ccc2ccccc2n1.CC(C)(C)c1ccccn1.CC(C)(C)c1cccnn1.CC(C)(C)c1nc2c(s1)CNCC2. The third-order valence-electron chi connectivity index (χ3n) is 11.1. The highest BCUT2D eigenvalue weighted by molar-refractivity contribution is 7.11. The lowest BCUT2D eigenvalue weighted by Crippen LogP contribution is -2.22. The van der Waals surface area contributed by atoms with Crippen molar-refractivity contribution in [3.05, 3.63) is 172 Å². The maximum atomic E-state index is 4.70. The molecule has 1 aliphatic heterocycles. The van der Waals surface area contributed by atoms with E-state index in [-0.39, 0.29) is 27.1 Å². The second-order valence-electron chi connectivity index (χ2n) is 24.5. The van der Waals surface area contributed by atoms with Gasteiger partial charge in [-0.05, 0) is 65.3 Å². The van der Waals surface area contributed by atoms with Gasteiger partial charge in [-0.25, -0.2) is 4.98 Å². The van der Waals surface area contributed by atoms with Crippen LogP contribution in [0, 0.1) is 5.41 Å². The van der Waals surface area contributed by atoms with Gasteiger partial charge in [-0.15, -0.1) is 11.3 Å². The molecule has 10 heteroatoms. The van der Waals surface area contributed by atoms with Crippen molar-refractivity contribution in [1.29, 1.82) is 0 Å².